The Kier molecular flexibility index (Phi) is 2.68. The molecule has 2 aromatic heterocycles. The van der Waals surface area contributed by atoms with Crippen LogP contribution in [0.3, 0.4) is 0 Å². The second-order valence-electron chi connectivity index (χ2n) is 4.18. The van der Waals surface area contributed by atoms with Crippen molar-refractivity contribution in [3.63, 3.8) is 0 Å². The number of nitrogens with zero attached hydrogens (tertiary/aromatic N) is 3. The van der Waals surface area contributed by atoms with Crippen LogP contribution in [0.2, 0.25) is 0 Å². The summed E-state index contributed by atoms with van der Waals surface area (Å²) < 4.78 is 0. The van der Waals surface area contributed by atoms with Gasteiger partial charge in [-0.3, -0.25) is 0 Å². The number of aromatic nitrogens is 4. The van der Waals surface area contributed by atoms with E-state index in [1.165, 1.54) is 21.6 Å². The Hall–Kier alpha value is -2.01. The van der Waals surface area contributed by atoms with E-state index >= 15 is 0 Å². The third-order valence-electron chi connectivity index (χ3n) is 2.91. The molecule has 0 bridgehead atoms. The van der Waals surface area contributed by atoms with Crippen LogP contribution in [0.1, 0.15) is 11.1 Å². The molecule has 0 saturated carbocycles. The van der Waals surface area contributed by atoms with E-state index in [-0.39, 0.29) is 0 Å². The maximum atomic E-state index is 3.93. The third kappa shape index (κ3) is 1.82. The van der Waals surface area contributed by atoms with Gasteiger partial charge in [-0.25, -0.2) is 5.10 Å². The smallest absolute Gasteiger partial charge is 0.189 e. The second-order valence-corrected chi connectivity index (χ2v) is 5.26. The van der Waals surface area contributed by atoms with Crippen molar-refractivity contribution in [2.24, 2.45) is 0 Å². The molecule has 0 aliphatic carbocycles. The molecule has 1 aromatic carbocycles. The molecule has 0 radical (unpaired) electrons. The number of hydrogen-bond donors (Lipinski definition) is 1. The molecular formula is C13H12N4S. The Bertz CT molecular complexity index is 650. The quantitative estimate of drug-likeness (QED) is 0.766. The van der Waals surface area contributed by atoms with Gasteiger partial charge >= 0.3 is 0 Å². The maximum Gasteiger partial charge on any atom is 0.189 e. The number of aryl methyl sites for hydroxylation is 2. The minimum atomic E-state index is 0.720. The molecule has 4 nitrogen and oxygen atoms in total. The SMILES string of the molecule is Cc1cccc(C)c1-c1ccc(-c2nnn[nH]2)s1. The van der Waals surface area contributed by atoms with Gasteiger partial charge in [-0.1, -0.05) is 18.2 Å². The molecule has 90 valence electrons. The van der Waals surface area contributed by atoms with Crippen LogP contribution in [0.4, 0.5) is 0 Å². The number of H-pyrrole nitrogens is 1. The van der Waals surface area contributed by atoms with Gasteiger partial charge in [0, 0.05) is 4.88 Å². The molecule has 0 amide bonds. The Morgan fingerprint density at radius 2 is 1.72 bits per heavy atom. The Balaban J connectivity index is 2.09. The summed E-state index contributed by atoms with van der Waals surface area (Å²) in [5, 5.41) is 13.9. The number of rotatable bonds is 2. The van der Waals surface area contributed by atoms with Crippen molar-refractivity contribution in [2.75, 3.05) is 0 Å². The third-order valence-corrected chi connectivity index (χ3v) is 4.02. The molecular weight excluding hydrogens is 244 g/mol. The van der Waals surface area contributed by atoms with Crippen molar-refractivity contribution in [3.8, 4) is 21.1 Å². The predicted octanol–water partition coefficient (Wildman–Crippen LogP) is 3.21. The zero-order chi connectivity index (χ0) is 12.5. The topological polar surface area (TPSA) is 54.5 Å². The Morgan fingerprint density at radius 3 is 2.39 bits per heavy atom. The van der Waals surface area contributed by atoms with Gasteiger partial charge in [0.15, 0.2) is 5.82 Å². The fraction of sp³-hybridized carbons (Fsp3) is 0.154. The highest BCUT2D eigenvalue weighted by atomic mass is 32.1. The summed E-state index contributed by atoms with van der Waals surface area (Å²) in [6.45, 7) is 4.27. The normalized spacial score (nSPS) is 10.8. The first kappa shape index (κ1) is 11.1. The van der Waals surface area contributed by atoms with Crippen molar-refractivity contribution in [1.29, 1.82) is 0 Å². The molecule has 3 rings (SSSR count). The van der Waals surface area contributed by atoms with E-state index in [1.54, 1.807) is 11.3 Å². The van der Waals surface area contributed by atoms with Crippen molar-refractivity contribution in [1.82, 2.24) is 20.6 Å². The lowest BCUT2D eigenvalue weighted by Crippen LogP contribution is -1.84. The van der Waals surface area contributed by atoms with Gasteiger partial charge in [0.25, 0.3) is 0 Å². The van der Waals surface area contributed by atoms with Gasteiger partial charge in [-0.15, -0.1) is 16.4 Å². The molecule has 0 aliphatic heterocycles. The molecule has 1 N–H and O–H groups in total. The lowest BCUT2D eigenvalue weighted by molar-refractivity contribution is 0.881. The predicted molar refractivity (Wildman–Crippen MR) is 72.4 cm³/mol. The largest absolute Gasteiger partial charge is 0.238 e. The van der Waals surface area contributed by atoms with Gasteiger partial charge in [0.05, 0.1) is 4.88 Å². The summed E-state index contributed by atoms with van der Waals surface area (Å²) in [5.74, 6) is 0.720. The monoisotopic (exact) mass is 256 g/mol. The molecule has 0 saturated heterocycles. The number of aromatic amines is 1. The van der Waals surface area contributed by atoms with E-state index < -0.39 is 0 Å². The van der Waals surface area contributed by atoms with Crippen LogP contribution < -0.4 is 0 Å². The summed E-state index contributed by atoms with van der Waals surface area (Å²) >= 11 is 1.70. The second kappa shape index (κ2) is 4.34. The first-order chi connectivity index (χ1) is 8.75. The maximum absolute atomic E-state index is 3.93. The van der Waals surface area contributed by atoms with Crippen LogP contribution >= 0.6 is 11.3 Å². The van der Waals surface area contributed by atoms with E-state index in [0.29, 0.717) is 0 Å². The summed E-state index contributed by atoms with van der Waals surface area (Å²) in [6.07, 6.45) is 0. The van der Waals surface area contributed by atoms with Gasteiger partial charge in [-0.05, 0) is 53.1 Å². The molecule has 0 fully saturated rings. The summed E-state index contributed by atoms with van der Waals surface area (Å²) in [4.78, 5) is 2.30. The van der Waals surface area contributed by atoms with Gasteiger partial charge in [0.2, 0.25) is 0 Å². The van der Waals surface area contributed by atoms with Crippen LogP contribution in [0.15, 0.2) is 30.3 Å². The van der Waals surface area contributed by atoms with E-state index in [4.69, 9.17) is 0 Å². The zero-order valence-electron chi connectivity index (χ0n) is 10.1. The first-order valence-corrected chi connectivity index (χ1v) is 6.48. The average molecular weight is 256 g/mol. The summed E-state index contributed by atoms with van der Waals surface area (Å²) in [5.41, 5.74) is 3.89. The molecule has 2 heterocycles. The highest BCUT2D eigenvalue weighted by molar-refractivity contribution is 7.18. The number of tetrazole rings is 1. The molecule has 0 unspecified atom stereocenters. The molecule has 0 spiro atoms. The highest BCUT2D eigenvalue weighted by Crippen LogP contribution is 2.35. The molecule has 3 aromatic rings. The lowest BCUT2D eigenvalue weighted by atomic mass is 10.0. The minimum absolute atomic E-state index is 0.720. The summed E-state index contributed by atoms with van der Waals surface area (Å²) in [7, 11) is 0. The van der Waals surface area contributed by atoms with E-state index in [1.807, 2.05) is 6.07 Å². The van der Waals surface area contributed by atoms with Gasteiger partial charge in [0.1, 0.15) is 0 Å². The summed E-state index contributed by atoms with van der Waals surface area (Å²) in [6, 6.07) is 10.5. The van der Waals surface area contributed by atoms with E-state index in [9.17, 15) is 0 Å². The fourth-order valence-electron chi connectivity index (χ4n) is 2.07. The zero-order valence-corrected chi connectivity index (χ0v) is 11.0. The first-order valence-electron chi connectivity index (χ1n) is 5.66. The number of thiophene rings is 1. The van der Waals surface area contributed by atoms with Crippen LogP contribution in [0.5, 0.6) is 0 Å². The Labute approximate surface area is 109 Å². The van der Waals surface area contributed by atoms with E-state index in [2.05, 4.69) is 58.7 Å². The van der Waals surface area contributed by atoms with Crippen molar-refractivity contribution in [3.05, 3.63) is 41.5 Å². The van der Waals surface area contributed by atoms with Crippen LogP contribution in [-0.4, -0.2) is 20.6 Å². The lowest BCUT2D eigenvalue weighted by Gasteiger charge is -2.06. The molecule has 18 heavy (non-hydrogen) atoms. The van der Waals surface area contributed by atoms with Crippen LogP contribution in [0.25, 0.3) is 21.1 Å². The average Bonchev–Trinajstić information content (AvgIpc) is 2.99. The fourth-order valence-corrected chi connectivity index (χ4v) is 3.18. The molecule has 0 atom stereocenters. The van der Waals surface area contributed by atoms with Crippen molar-refractivity contribution < 1.29 is 0 Å². The minimum Gasteiger partial charge on any atom is -0.238 e. The van der Waals surface area contributed by atoms with Crippen molar-refractivity contribution in [2.45, 2.75) is 13.8 Å². The highest BCUT2D eigenvalue weighted by Gasteiger charge is 2.10. The number of nitrogens with one attached hydrogen (secondary N) is 1. The van der Waals surface area contributed by atoms with Gasteiger partial charge in [-0.2, -0.15) is 0 Å². The molecule has 0 aliphatic rings. The van der Waals surface area contributed by atoms with Crippen molar-refractivity contribution >= 4 is 11.3 Å². The number of benzene rings is 1. The van der Waals surface area contributed by atoms with E-state index in [0.717, 1.165) is 10.7 Å². The standard InChI is InChI=1S/C13H12N4S/c1-8-4-3-5-9(2)12(8)10-6-7-11(18-10)13-14-16-17-15-13/h3-7H,1-2H3,(H,14,15,16,17). The molecule has 5 heteroatoms. The Morgan fingerprint density at radius 1 is 1.00 bits per heavy atom. The van der Waals surface area contributed by atoms with Gasteiger partial charge < -0.3 is 0 Å². The number of hydrogen-bond acceptors (Lipinski definition) is 4. The van der Waals surface area contributed by atoms with Crippen LogP contribution in [0, 0.1) is 13.8 Å². The van der Waals surface area contributed by atoms with Crippen LogP contribution in [-0.2, 0) is 0 Å².